The van der Waals surface area contributed by atoms with Crippen molar-refractivity contribution in [3.63, 3.8) is 0 Å². The first kappa shape index (κ1) is 12.8. The largest absolute Gasteiger partial charge is 0.381 e. The Bertz CT molecular complexity index is 433. The van der Waals surface area contributed by atoms with E-state index in [9.17, 15) is 8.78 Å². The highest BCUT2D eigenvalue weighted by Gasteiger charge is 2.23. The average Bonchev–Trinajstić information content (AvgIpc) is 2.52. The Hall–Kier alpha value is -1.63. The van der Waals surface area contributed by atoms with Crippen molar-refractivity contribution in [1.29, 1.82) is 5.26 Å². The highest BCUT2D eigenvalue weighted by atomic mass is 19.1. The lowest BCUT2D eigenvalue weighted by molar-refractivity contribution is 0.512. The number of rotatable bonds is 2. The zero-order valence-electron chi connectivity index (χ0n) is 10.1. The second kappa shape index (κ2) is 5.81. The lowest BCUT2D eigenvalue weighted by Gasteiger charge is -2.22. The molecule has 0 amide bonds. The van der Waals surface area contributed by atoms with Crippen molar-refractivity contribution < 1.29 is 8.78 Å². The Kier molecular flexibility index (Phi) is 4.14. The van der Waals surface area contributed by atoms with Crippen molar-refractivity contribution in [1.82, 2.24) is 0 Å². The summed E-state index contributed by atoms with van der Waals surface area (Å²) in [5.74, 6) is -1.28. The Morgan fingerprint density at radius 1 is 1.06 bits per heavy atom. The summed E-state index contributed by atoms with van der Waals surface area (Å²) < 4.78 is 26.2. The summed E-state index contributed by atoms with van der Waals surface area (Å²) >= 11 is 0. The van der Waals surface area contributed by atoms with E-state index in [1.807, 2.05) is 0 Å². The van der Waals surface area contributed by atoms with E-state index in [0.29, 0.717) is 5.69 Å². The van der Waals surface area contributed by atoms with E-state index >= 15 is 0 Å². The van der Waals surface area contributed by atoms with E-state index in [1.165, 1.54) is 12.1 Å². The van der Waals surface area contributed by atoms with Crippen LogP contribution in [0.1, 0.15) is 32.1 Å². The predicted octanol–water partition coefficient (Wildman–Crippen LogP) is 3.85. The average molecular weight is 250 g/mol. The molecule has 2 atom stereocenters. The first-order chi connectivity index (χ1) is 8.69. The minimum atomic E-state index is -0.598. The molecule has 1 fully saturated rings. The van der Waals surface area contributed by atoms with Crippen molar-refractivity contribution in [2.45, 2.75) is 38.1 Å². The molecule has 1 aromatic carbocycles. The van der Waals surface area contributed by atoms with Crippen molar-refractivity contribution in [3.8, 4) is 6.07 Å². The molecule has 96 valence electrons. The number of nitrogens with one attached hydrogen (secondary N) is 1. The van der Waals surface area contributed by atoms with Gasteiger partial charge in [0.2, 0.25) is 0 Å². The van der Waals surface area contributed by atoms with Gasteiger partial charge in [-0.05, 0) is 25.0 Å². The fourth-order valence-corrected chi connectivity index (χ4v) is 2.49. The van der Waals surface area contributed by atoms with Crippen LogP contribution in [0.4, 0.5) is 14.5 Å². The summed E-state index contributed by atoms with van der Waals surface area (Å²) in [5.41, 5.74) is 0.416. The zero-order valence-corrected chi connectivity index (χ0v) is 10.1. The lowest BCUT2D eigenvalue weighted by Crippen LogP contribution is -2.27. The zero-order chi connectivity index (χ0) is 13.0. The molecule has 1 N–H and O–H groups in total. The molecule has 0 bridgehead atoms. The van der Waals surface area contributed by atoms with Gasteiger partial charge in [-0.2, -0.15) is 5.26 Å². The molecule has 0 aliphatic heterocycles. The molecule has 0 aromatic heterocycles. The number of hydrogen-bond donors (Lipinski definition) is 1. The van der Waals surface area contributed by atoms with Gasteiger partial charge in [-0.3, -0.25) is 0 Å². The van der Waals surface area contributed by atoms with Gasteiger partial charge in [0.15, 0.2) is 0 Å². The molecule has 1 aliphatic rings. The van der Waals surface area contributed by atoms with Crippen LogP contribution in [0.3, 0.4) is 0 Å². The molecule has 1 aliphatic carbocycles. The molecule has 18 heavy (non-hydrogen) atoms. The van der Waals surface area contributed by atoms with Crippen LogP contribution in [-0.2, 0) is 0 Å². The Labute approximate surface area is 106 Å². The van der Waals surface area contributed by atoms with E-state index < -0.39 is 11.6 Å². The van der Waals surface area contributed by atoms with Crippen LogP contribution in [-0.4, -0.2) is 6.04 Å². The van der Waals surface area contributed by atoms with Crippen LogP contribution in [0.25, 0.3) is 0 Å². The number of nitrogens with zero attached hydrogens (tertiary/aromatic N) is 1. The lowest BCUT2D eigenvalue weighted by atomic mass is 9.96. The third kappa shape index (κ3) is 3.19. The third-order valence-electron chi connectivity index (χ3n) is 3.40. The summed E-state index contributed by atoms with van der Waals surface area (Å²) in [5, 5.41) is 12.2. The Morgan fingerprint density at radius 2 is 1.72 bits per heavy atom. The molecule has 2 rings (SSSR count). The van der Waals surface area contributed by atoms with Crippen LogP contribution >= 0.6 is 0 Å². The molecule has 0 saturated heterocycles. The topological polar surface area (TPSA) is 35.8 Å². The van der Waals surface area contributed by atoms with Gasteiger partial charge in [0.05, 0.1) is 12.0 Å². The minimum Gasteiger partial charge on any atom is -0.381 e. The van der Waals surface area contributed by atoms with Gasteiger partial charge in [0.1, 0.15) is 11.6 Å². The second-order valence-corrected chi connectivity index (χ2v) is 4.78. The van der Waals surface area contributed by atoms with Crippen molar-refractivity contribution in [3.05, 3.63) is 29.8 Å². The standard InChI is InChI=1S/C14H16F2N2/c15-11-6-12(16)8-13(7-11)18-14-5-3-1-2-4-10(14)9-17/h6-8,10,14,18H,1-5H2. The molecule has 0 spiro atoms. The SMILES string of the molecule is N#CC1CCCCCC1Nc1cc(F)cc(F)c1. The fourth-order valence-electron chi connectivity index (χ4n) is 2.49. The molecule has 1 saturated carbocycles. The molecule has 1 aromatic rings. The molecule has 4 heteroatoms. The minimum absolute atomic E-state index is 0.0151. The van der Waals surface area contributed by atoms with Gasteiger partial charge >= 0.3 is 0 Å². The van der Waals surface area contributed by atoms with Gasteiger partial charge in [-0.1, -0.05) is 19.3 Å². The van der Waals surface area contributed by atoms with E-state index in [2.05, 4.69) is 11.4 Å². The highest BCUT2D eigenvalue weighted by Crippen LogP contribution is 2.26. The Morgan fingerprint density at radius 3 is 2.39 bits per heavy atom. The molecule has 0 heterocycles. The third-order valence-corrected chi connectivity index (χ3v) is 3.40. The molecular weight excluding hydrogens is 234 g/mol. The molecule has 0 radical (unpaired) electrons. The fraction of sp³-hybridized carbons (Fsp3) is 0.500. The van der Waals surface area contributed by atoms with Crippen molar-refractivity contribution in [2.24, 2.45) is 5.92 Å². The summed E-state index contributed by atoms with van der Waals surface area (Å²) in [4.78, 5) is 0. The van der Waals surface area contributed by atoms with E-state index in [-0.39, 0.29) is 12.0 Å². The van der Waals surface area contributed by atoms with E-state index in [4.69, 9.17) is 5.26 Å². The molecular formula is C14H16F2N2. The summed E-state index contributed by atoms with van der Waals surface area (Å²) in [6, 6.07) is 5.66. The van der Waals surface area contributed by atoms with Crippen molar-refractivity contribution >= 4 is 5.69 Å². The number of nitriles is 1. The molecule has 2 nitrogen and oxygen atoms in total. The van der Waals surface area contributed by atoms with Gasteiger partial charge < -0.3 is 5.32 Å². The summed E-state index contributed by atoms with van der Waals surface area (Å²) in [6.07, 6.45) is 4.94. The van der Waals surface area contributed by atoms with E-state index in [0.717, 1.165) is 38.2 Å². The summed E-state index contributed by atoms with van der Waals surface area (Å²) in [7, 11) is 0. The summed E-state index contributed by atoms with van der Waals surface area (Å²) in [6.45, 7) is 0. The maximum Gasteiger partial charge on any atom is 0.128 e. The maximum atomic E-state index is 13.1. The number of halogens is 2. The monoisotopic (exact) mass is 250 g/mol. The van der Waals surface area contributed by atoms with Crippen LogP contribution < -0.4 is 5.32 Å². The van der Waals surface area contributed by atoms with E-state index in [1.54, 1.807) is 0 Å². The van der Waals surface area contributed by atoms with Gasteiger partial charge in [0.25, 0.3) is 0 Å². The van der Waals surface area contributed by atoms with Gasteiger partial charge in [0, 0.05) is 17.8 Å². The predicted molar refractivity (Wildman–Crippen MR) is 66.0 cm³/mol. The molecule has 2 unspecified atom stereocenters. The highest BCUT2D eigenvalue weighted by molar-refractivity contribution is 5.45. The van der Waals surface area contributed by atoms with Crippen LogP contribution in [0.2, 0.25) is 0 Å². The first-order valence-electron chi connectivity index (χ1n) is 6.31. The number of benzene rings is 1. The Balaban J connectivity index is 2.13. The normalized spacial score (nSPS) is 24.1. The van der Waals surface area contributed by atoms with Crippen LogP contribution in [0.15, 0.2) is 18.2 Å². The first-order valence-corrected chi connectivity index (χ1v) is 6.31. The second-order valence-electron chi connectivity index (χ2n) is 4.78. The van der Waals surface area contributed by atoms with Crippen LogP contribution in [0, 0.1) is 28.9 Å². The van der Waals surface area contributed by atoms with Gasteiger partial charge in [-0.25, -0.2) is 8.78 Å². The number of anilines is 1. The van der Waals surface area contributed by atoms with Gasteiger partial charge in [-0.15, -0.1) is 0 Å². The maximum absolute atomic E-state index is 13.1. The number of hydrogen-bond acceptors (Lipinski definition) is 2. The quantitative estimate of drug-likeness (QED) is 0.809. The van der Waals surface area contributed by atoms with Crippen molar-refractivity contribution in [2.75, 3.05) is 5.32 Å². The smallest absolute Gasteiger partial charge is 0.128 e. The van der Waals surface area contributed by atoms with Crippen LogP contribution in [0.5, 0.6) is 0 Å².